The zero-order valence-electron chi connectivity index (χ0n) is 16.3. The van der Waals surface area contributed by atoms with Crippen LogP contribution >= 0.6 is 0 Å². The van der Waals surface area contributed by atoms with Crippen LogP contribution < -0.4 is 0 Å². The van der Waals surface area contributed by atoms with Crippen molar-refractivity contribution in [2.75, 3.05) is 6.61 Å². The number of hydrogen-bond acceptors (Lipinski definition) is 3. The second-order valence-electron chi connectivity index (χ2n) is 6.68. The molecule has 148 valence electrons. The van der Waals surface area contributed by atoms with Crippen molar-refractivity contribution in [3.05, 3.63) is 34.9 Å². The zero-order valence-corrected chi connectivity index (χ0v) is 16.3. The standard InChI is InChI=1S/C12H26O.C9H8O4/c1-3-5-6-7-8-10-12(11-13)9-4-2;1-5-2-3-6(8(10)11)4-7(5)9(12)13/h12-13H,3-11H2,1-2H3;2-4H,1H3,(H,10,11)(H,12,13). The number of carboxylic acids is 2. The summed E-state index contributed by atoms with van der Waals surface area (Å²) in [6.45, 7) is 6.45. The molecule has 0 aromatic heterocycles. The highest BCUT2D eigenvalue weighted by Crippen LogP contribution is 2.15. The second-order valence-corrected chi connectivity index (χ2v) is 6.68. The van der Waals surface area contributed by atoms with Crippen molar-refractivity contribution in [3.63, 3.8) is 0 Å². The maximum absolute atomic E-state index is 10.6. The average molecular weight is 366 g/mol. The molecular weight excluding hydrogens is 332 g/mol. The normalized spacial score (nSPS) is 11.4. The Morgan fingerprint density at radius 1 is 0.923 bits per heavy atom. The van der Waals surface area contributed by atoms with E-state index in [0.717, 1.165) is 6.07 Å². The van der Waals surface area contributed by atoms with Gasteiger partial charge in [0.1, 0.15) is 0 Å². The molecule has 1 aromatic rings. The van der Waals surface area contributed by atoms with Gasteiger partial charge in [0.25, 0.3) is 0 Å². The SMILES string of the molecule is CCCCCCCC(CO)CCC.Cc1ccc(C(=O)O)cc1C(=O)O. The van der Waals surface area contributed by atoms with E-state index in [1.54, 1.807) is 6.92 Å². The van der Waals surface area contributed by atoms with Crippen LogP contribution in [0.1, 0.15) is 91.5 Å². The maximum atomic E-state index is 10.6. The molecule has 0 spiro atoms. The molecule has 1 atom stereocenters. The van der Waals surface area contributed by atoms with Crippen molar-refractivity contribution in [1.82, 2.24) is 0 Å². The van der Waals surface area contributed by atoms with Crippen LogP contribution in [0.3, 0.4) is 0 Å². The van der Waals surface area contributed by atoms with Gasteiger partial charge in [-0.15, -0.1) is 0 Å². The predicted octanol–water partition coefficient (Wildman–Crippen LogP) is 5.15. The van der Waals surface area contributed by atoms with Gasteiger partial charge >= 0.3 is 11.9 Å². The Bertz CT molecular complexity index is 539. The van der Waals surface area contributed by atoms with E-state index in [1.165, 1.54) is 63.5 Å². The summed E-state index contributed by atoms with van der Waals surface area (Å²) >= 11 is 0. The van der Waals surface area contributed by atoms with Crippen LogP contribution in [0.4, 0.5) is 0 Å². The molecule has 26 heavy (non-hydrogen) atoms. The number of aromatic carboxylic acids is 2. The number of hydrogen-bond donors (Lipinski definition) is 3. The fourth-order valence-corrected chi connectivity index (χ4v) is 2.76. The number of aryl methyl sites for hydroxylation is 1. The number of aliphatic hydroxyl groups excluding tert-OH is 1. The fourth-order valence-electron chi connectivity index (χ4n) is 2.76. The van der Waals surface area contributed by atoms with Gasteiger partial charge in [0.15, 0.2) is 0 Å². The van der Waals surface area contributed by atoms with Gasteiger partial charge in [-0.05, 0) is 43.4 Å². The van der Waals surface area contributed by atoms with Gasteiger partial charge in [0.05, 0.1) is 11.1 Å². The Labute approximate surface area is 157 Å². The smallest absolute Gasteiger partial charge is 0.335 e. The van der Waals surface area contributed by atoms with E-state index in [2.05, 4.69) is 13.8 Å². The lowest BCUT2D eigenvalue weighted by Gasteiger charge is -2.11. The number of carboxylic acid groups (broad SMARTS) is 2. The lowest BCUT2D eigenvalue weighted by atomic mass is 9.97. The van der Waals surface area contributed by atoms with Gasteiger partial charge in [0.2, 0.25) is 0 Å². The first-order valence-corrected chi connectivity index (χ1v) is 9.55. The van der Waals surface area contributed by atoms with Crippen LogP contribution in [0.15, 0.2) is 18.2 Å². The Kier molecular flexibility index (Phi) is 13.3. The number of rotatable bonds is 11. The lowest BCUT2D eigenvalue weighted by Crippen LogP contribution is -2.05. The Hall–Kier alpha value is -1.88. The largest absolute Gasteiger partial charge is 0.478 e. The van der Waals surface area contributed by atoms with Crippen molar-refractivity contribution in [2.24, 2.45) is 5.92 Å². The first-order chi connectivity index (χ1) is 12.4. The van der Waals surface area contributed by atoms with Gasteiger partial charge in [-0.2, -0.15) is 0 Å². The Morgan fingerprint density at radius 3 is 2.08 bits per heavy atom. The number of aliphatic hydroxyl groups is 1. The quantitative estimate of drug-likeness (QED) is 0.471. The molecule has 0 amide bonds. The molecule has 5 heteroatoms. The van der Waals surface area contributed by atoms with Crippen LogP contribution in [-0.2, 0) is 0 Å². The summed E-state index contributed by atoms with van der Waals surface area (Å²) in [4.78, 5) is 21.1. The van der Waals surface area contributed by atoms with Gasteiger partial charge < -0.3 is 15.3 Å². The van der Waals surface area contributed by atoms with E-state index < -0.39 is 11.9 Å². The lowest BCUT2D eigenvalue weighted by molar-refractivity contribution is 0.0695. The van der Waals surface area contributed by atoms with E-state index in [4.69, 9.17) is 15.3 Å². The van der Waals surface area contributed by atoms with E-state index in [9.17, 15) is 9.59 Å². The highest BCUT2D eigenvalue weighted by molar-refractivity contribution is 5.94. The minimum absolute atomic E-state index is 0.0111. The Morgan fingerprint density at radius 2 is 1.58 bits per heavy atom. The predicted molar refractivity (Wildman–Crippen MR) is 104 cm³/mol. The van der Waals surface area contributed by atoms with E-state index in [0.29, 0.717) is 18.1 Å². The van der Waals surface area contributed by atoms with Crippen LogP contribution in [0.5, 0.6) is 0 Å². The molecule has 0 bridgehead atoms. The minimum Gasteiger partial charge on any atom is -0.478 e. The number of unbranched alkanes of at least 4 members (excludes halogenated alkanes) is 4. The molecule has 1 unspecified atom stereocenters. The molecular formula is C21H34O5. The topological polar surface area (TPSA) is 94.8 Å². The third kappa shape index (κ3) is 10.2. The maximum Gasteiger partial charge on any atom is 0.335 e. The summed E-state index contributed by atoms with van der Waals surface area (Å²) in [6.07, 6.45) is 10.4. The van der Waals surface area contributed by atoms with Crippen molar-refractivity contribution < 1.29 is 24.9 Å². The van der Waals surface area contributed by atoms with Gasteiger partial charge in [0, 0.05) is 6.61 Å². The summed E-state index contributed by atoms with van der Waals surface area (Å²) in [5.74, 6) is -1.66. The molecule has 0 aliphatic rings. The minimum atomic E-state index is -1.12. The Balaban J connectivity index is 0.000000481. The molecule has 0 radical (unpaired) electrons. The van der Waals surface area contributed by atoms with Crippen LogP contribution in [0.25, 0.3) is 0 Å². The van der Waals surface area contributed by atoms with Crippen molar-refractivity contribution in [1.29, 1.82) is 0 Å². The van der Waals surface area contributed by atoms with E-state index in [-0.39, 0.29) is 11.1 Å². The molecule has 1 rings (SSSR count). The highest BCUT2D eigenvalue weighted by atomic mass is 16.4. The number of carbonyl (C=O) groups is 2. The monoisotopic (exact) mass is 366 g/mol. The third-order valence-electron chi connectivity index (χ3n) is 4.39. The molecule has 0 saturated carbocycles. The molecule has 0 heterocycles. The van der Waals surface area contributed by atoms with Gasteiger partial charge in [-0.3, -0.25) is 0 Å². The van der Waals surface area contributed by atoms with Crippen molar-refractivity contribution in [3.8, 4) is 0 Å². The molecule has 0 aliphatic heterocycles. The summed E-state index contributed by atoms with van der Waals surface area (Å²) in [7, 11) is 0. The second kappa shape index (κ2) is 14.3. The first kappa shape index (κ1) is 24.1. The summed E-state index contributed by atoms with van der Waals surface area (Å²) in [5.41, 5.74) is 0.570. The molecule has 0 fully saturated rings. The van der Waals surface area contributed by atoms with E-state index >= 15 is 0 Å². The summed E-state index contributed by atoms with van der Waals surface area (Å²) in [6, 6.07) is 4.01. The van der Waals surface area contributed by atoms with E-state index in [1.807, 2.05) is 0 Å². The van der Waals surface area contributed by atoms with Crippen LogP contribution in [0, 0.1) is 12.8 Å². The van der Waals surface area contributed by atoms with Crippen LogP contribution in [0.2, 0.25) is 0 Å². The number of benzene rings is 1. The molecule has 0 aliphatic carbocycles. The average Bonchev–Trinajstić information content (AvgIpc) is 2.61. The van der Waals surface area contributed by atoms with Crippen molar-refractivity contribution >= 4 is 11.9 Å². The molecule has 1 aromatic carbocycles. The molecule has 5 nitrogen and oxygen atoms in total. The fraction of sp³-hybridized carbons (Fsp3) is 0.619. The van der Waals surface area contributed by atoms with Crippen molar-refractivity contribution in [2.45, 2.75) is 72.1 Å². The van der Waals surface area contributed by atoms with Gasteiger partial charge in [-0.25, -0.2) is 9.59 Å². The van der Waals surface area contributed by atoms with Gasteiger partial charge in [-0.1, -0.05) is 58.4 Å². The third-order valence-corrected chi connectivity index (χ3v) is 4.39. The first-order valence-electron chi connectivity index (χ1n) is 9.55. The summed E-state index contributed by atoms with van der Waals surface area (Å²) in [5, 5.41) is 26.3. The summed E-state index contributed by atoms with van der Waals surface area (Å²) < 4.78 is 0. The molecule has 0 saturated heterocycles. The zero-order chi connectivity index (χ0) is 19.9. The highest BCUT2D eigenvalue weighted by Gasteiger charge is 2.10. The van der Waals surface area contributed by atoms with Crippen LogP contribution in [-0.4, -0.2) is 33.9 Å². The molecule has 3 N–H and O–H groups in total.